The minimum Gasteiger partial charge on any atom is -0.364 e. The molecule has 2 aliphatic heterocycles. The standard InChI is InChI=1S/C46H47N3/c1-4-5-11-25-42-34-39-22-14-15-28-45(39)49(42)43-27-18-23-38(33-43)44-30-29-37(3)46(47-44)40-24-19-26-41(35-40)48-31-16-9-7-6-8-12-20-36(2)21-13-10-17-32-48/h4-7,9-11,13-19,21-30,33-35,37,46H,2,8,12,20,31-32H2,1,3H3/b5-4-,7-6-,16-9-,17-10-,21-13-,25-11-. The van der Waals surface area contributed by atoms with Gasteiger partial charge in [0.05, 0.1) is 17.3 Å². The highest BCUT2D eigenvalue weighted by Gasteiger charge is 2.22. The Balaban J connectivity index is 1.30. The van der Waals surface area contributed by atoms with Gasteiger partial charge < -0.3 is 9.47 Å². The zero-order chi connectivity index (χ0) is 33.8. The second kappa shape index (κ2) is 16.6. The van der Waals surface area contributed by atoms with E-state index in [4.69, 9.17) is 4.99 Å². The Kier molecular flexibility index (Phi) is 11.4. The summed E-state index contributed by atoms with van der Waals surface area (Å²) in [6, 6.07) is 28.6. The summed E-state index contributed by atoms with van der Waals surface area (Å²) in [6.07, 6.45) is 33.6. The number of aliphatic imine (C=N–C) groups is 1. The van der Waals surface area contributed by atoms with E-state index in [1.165, 1.54) is 27.7 Å². The number of aromatic nitrogens is 1. The van der Waals surface area contributed by atoms with Crippen molar-refractivity contribution in [1.82, 2.24) is 4.57 Å². The Labute approximate surface area is 292 Å². The van der Waals surface area contributed by atoms with E-state index in [2.05, 4.69) is 187 Å². The van der Waals surface area contributed by atoms with Crippen LogP contribution in [0.25, 0.3) is 22.7 Å². The van der Waals surface area contributed by atoms with Crippen LogP contribution in [0.15, 0.2) is 175 Å². The van der Waals surface area contributed by atoms with Gasteiger partial charge in [-0.3, -0.25) is 4.99 Å². The number of rotatable bonds is 6. The molecule has 2 aliphatic rings. The lowest BCUT2D eigenvalue weighted by Gasteiger charge is -2.26. The van der Waals surface area contributed by atoms with Crippen LogP contribution in [0.5, 0.6) is 0 Å². The van der Waals surface area contributed by atoms with Crippen molar-refractivity contribution in [3.63, 3.8) is 0 Å². The van der Waals surface area contributed by atoms with Crippen molar-refractivity contribution in [2.24, 2.45) is 10.9 Å². The molecule has 4 aromatic rings. The van der Waals surface area contributed by atoms with Crippen LogP contribution in [0.3, 0.4) is 0 Å². The number of hydrogen-bond donors (Lipinski definition) is 0. The lowest BCUT2D eigenvalue weighted by molar-refractivity contribution is 0.564. The number of anilines is 1. The maximum absolute atomic E-state index is 5.40. The molecule has 1 aromatic heterocycles. The number of nitrogens with zero attached hydrogens (tertiary/aromatic N) is 3. The molecule has 0 saturated carbocycles. The monoisotopic (exact) mass is 641 g/mol. The zero-order valence-corrected chi connectivity index (χ0v) is 28.8. The summed E-state index contributed by atoms with van der Waals surface area (Å²) in [5, 5.41) is 1.22. The average molecular weight is 642 g/mol. The summed E-state index contributed by atoms with van der Waals surface area (Å²) in [4.78, 5) is 7.81. The second-order valence-electron chi connectivity index (χ2n) is 12.8. The first-order valence-corrected chi connectivity index (χ1v) is 17.5. The Hall–Kier alpha value is -5.41. The van der Waals surface area contributed by atoms with E-state index < -0.39 is 0 Å². The van der Waals surface area contributed by atoms with E-state index in [1.807, 2.05) is 6.92 Å². The molecule has 0 saturated heterocycles. The van der Waals surface area contributed by atoms with Crippen molar-refractivity contribution in [3.05, 3.63) is 187 Å². The highest BCUT2D eigenvalue weighted by Crippen LogP contribution is 2.34. The molecule has 2 atom stereocenters. The molecule has 3 heterocycles. The van der Waals surface area contributed by atoms with Gasteiger partial charge in [-0.05, 0) is 80.3 Å². The predicted octanol–water partition coefficient (Wildman–Crippen LogP) is 11.7. The average Bonchev–Trinajstić information content (AvgIpc) is 3.49. The largest absolute Gasteiger partial charge is 0.364 e. The second-order valence-corrected chi connectivity index (χ2v) is 12.8. The van der Waals surface area contributed by atoms with Gasteiger partial charge in [0.2, 0.25) is 0 Å². The zero-order valence-electron chi connectivity index (χ0n) is 28.8. The fourth-order valence-electron chi connectivity index (χ4n) is 6.48. The lowest BCUT2D eigenvalue weighted by atomic mass is 9.90. The molecule has 0 N–H and O–H groups in total. The molecule has 3 aromatic carbocycles. The highest BCUT2D eigenvalue weighted by molar-refractivity contribution is 6.09. The van der Waals surface area contributed by atoms with E-state index in [0.29, 0.717) is 0 Å². The molecule has 0 spiro atoms. The van der Waals surface area contributed by atoms with E-state index in [1.54, 1.807) is 0 Å². The molecular weight excluding hydrogens is 595 g/mol. The Morgan fingerprint density at radius 1 is 0.796 bits per heavy atom. The topological polar surface area (TPSA) is 20.5 Å². The van der Waals surface area contributed by atoms with E-state index in [-0.39, 0.29) is 12.0 Å². The predicted molar refractivity (Wildman–Crippen MR) is 213 cm³/mol. The number of dihydropyridines is 1. The van der Waals surface area contributed by atoms with Crippen LogP contribution in [0.1, 0.15) is 56.0 Å². The van der Waals surface area contributed by atoms with Crippen molar-refractivity contribution >= 4 is 28.4 Å². The first-order valence-electron chi connectivity index (χ1n) is 17.5. The van der Waals surface area contributed by atoms with Gasteiger partial charge in [-0.15, -0.1) is 0 Å². The summed E-state index contributed by atoms with van der Waals surface area (Å²) in [5.41, 5.74) is 9.20. The van der Waals surface area contributed by atoms with Crippen LogP contribution in [0.4, 0.5) is 5.69 Å². The van der Waals surface area contributed by atoms with Crippen molar-refractivity contribution in [3.8, 4) is 5.69 Å². The SMILES string of the molecule is C=C1/C=C\C=C/CN(c2cccc(C3N=C(c4cccc(-n5c(/C=C\C=C/C)cc6ccccc65)c4)C=CC3C)c2)C/C=C\C=C/CCC1. The van der Waals surface area contributed by atoms with Crippen molar-refractivity contribution in [2.75, 3.05) is 18.0 Å². The maximum atomic E-state index is 5.40. The molecule has 0 radical (unpaired) electrons. The first-order chi connectivity index (χ1) is 24.1. The van der Waals surface area contributed by atoms with Crippen molar-refractivity contribution < 1.29 is 0 Å². The summed E-state index contributed by atoms with van der Waals surface area (Å²) in [5.74, 6) is 0.282. The summed E-state index contributed by atoms with van der Waals surface area (Å²) in [7, 11) is 0. The summed E-state index contributed by atoms with van der Waals surface area (Å²) >= 11 is 0. The van der Waals surface area contributed by atoms with E-state index >= 15 is 0 Å². The van der Waals surface area contributed by atoms with Gasteiger partial charge in [0.1, 0.15) is 0 Å². The normalized spacial score (nSPS) is 21.8. The molecule has 246 valence electrons. The molecular formula is C46H47N3. The van der Waals surface area contributed by atoms with Gasteiger partial charge in [0.25, 0.3) is 0 Å². The fraction of sp³-hybridized carbons (Fsp3) is 0.196. The van der Waals surface area contributed by atoms with Gasteiger partial charge in [-0.25, -0.2) is 0 Å². The molecule has 0 bridgehead atoms. The van der Waals surface area contributed by atoms with Crippen LogP contribution in [0, 0.1) is 5.92 Å². The van der Waals surface area contributed by atoms with Crippen LogP contribution in [0.2, 0.25) is 0 Å². The summed E-state index contributed by atoms with van der Waals surface area (Å²) in [6.45, 7) is 10.2. The van der Waals surface area contributed by atoms with Crippen LogP contribution < -0.4 is 4.90 Å². The molecule has 0 aliphatic carbocycles. The van der Waals surface area contributed by atoms with Crippen LogP contribution >= 0.6 is 0 Å². The first kappa shape index (κ1) is 33.5. The van der Waals surface area contributed by atoms with Crippen LogP contribution in [-0.2, 0) is 0 Å². The third kappa shape index (κ3) is 8.55. The number of para-hydroxylation sites is 1. The van der Waals surface area contributed by atoms with Gasteiger partial charge >= 0.3 is 0 Å². The van der Waals surface area contributed by atoms with Gasteiger partial charge in [-0.2, -0.15) is 0 Å². The molecule has 6 rings (SSSR count). The molecule has 0 fully saturated rings. The lowest BCUT2D eigenvalue weighted by Crippen LogP contribution is -2.23. The number of allylic oxidation sites excluding steroid dienone is 11. The molecule has 3 heteroatoms. The van der Waals surface area contributed by atoms with Gasteiger partial charge in [-0.1, -0.05) is 134 Å². The minimum absolute atomic E-state index is 0.0294. The van der Waals surface area contributed by atoms with Crippen LogP contribution in [-0.4, -0.2) is 23.4 Å². The number of benzene rings is 3. The fourth-order valence-corrected chi connectivity index (χ4v) is 6.48. The van der Waals surface area contributed by atoms with Gasteiger partial charge in [0, 0.05) is 47.0 Å². The van der Waals surface area contributed by atoms with E-state index in [0.717, 1.165) is 55.0 Å². The third-order valence-electron chi connectivity index (χ3n) is 9.10. The molecule has 3 nitrogen and oxygen atoms in total. The highest BCUT2D eigenvalue weighted by atomic mass is 15.1. The van der Waals surface area contributed by atoms with Crippen molar-refractivity contribution in [1.29, 1.82) is 0 Å². The third-order valence-corrected chi connectivity index (χ3v) is 9.10. The quantitative estimate of drug-likeness (QED) is 0.192. The summed E-state index contributed by atoms with van der Waals surface area (Å²) < 4.78 is 2.34. The maximum Gasteiger partial charge on any atom is 0.0817 e. The molecule has 0 amide bonds. The Morgan fingerprint density at radius 3 is 2.47 bits per heavy atom. The van der Waals surface area contributed by atoms with Crippen molar-refractivity contribution in [2.45, 2.75) is 39.2 Å². The smallest absolute Gasteiger partial charge is 0.0817 e. The molecule has 2 unspecified atom stereocenters. The number of hydrogen-bond acceptors (Lipinski definition) is 2. The minimum atomic E-state index is 0.0294. The Bertz CT molecular complexity index is 2000. The molecule has 49 heavy (non-hydrogen) atoms. The number of fused-ring (bicyclic) bond motifs is 1. The van der Waals surface area contributed by atoms with E-state index in [9.17, 15) is 0 Å². The van der Waals surface area contributed by atoms with Gasteiger partial charge in [0.15, 0.2) is 0 Å². The Morgan fingerprint density at radius 2 is 1.59 bits per heavy atom.